The van der Waals surface area contributed by atoms with Gasteiger partial charge >= 0.3 is 5.97 Å². The standard InChI is InChI=1S/C23H24O11/c1-6-12-14(18(26)9(33-6)5-11(25)32-3)21(29)15-16(19(12)27)22(30)17-13(20(15)28)8-4-10(24)23(17,31)7(2)34-8/h6-10,18,24,26,28,30-31H,4-5H2,1-3H3/t6-,7-,8+,9-,10+,18+,23-/m0/s1. The summed E-state index contributed by atoms with van der Waals surface area (Å²) in [6, 6.07) is 0. The van der Waals surface area contributed by atoms with Crippen molar-refractivity contribution in [2.24, 2.45) is 0 Å². The van der Waals surface area contributed by atoms with Gasteiger partial charge < -0.3 is 39.7 Å². The van der Waals surface area contributed by atoms with Crippen LogP contribution in [0.5, 0.6) is 11.5 Å². The van der Waals surface area contributed by atoms with Gasteiger partial charge in [-0.15, -0.1) is 0 Å². The second-order valence-corrected chi connectivity index (χ2v) is 9.11. The van der Waals surface area contributed by atoms with E-state index in [2.05, 4.69) is 4.74 Å². The molecule has 0 unspecified atom stereocenters. The average Bonchev–Trinajstić information content (AvgIpc) is 2.77. The first-order valence-corrected chi connectivity index (χ1v) is 10.9. The maximum absolute atomic E-state index is 13.6. The predicted octanol–water partition coefficient (Wildman–Crippen LogP) is -0.103. The fourth-order valence-corrected chi connectivity index (χ4v) is 5.73. The van der Waals surface area contributed by atoms with Gasteiger partial charge in [0.1, 0.15) is 23.2 Å². The zero-order valence-electron chi connectivity index (χ0n) is 18.6. The number of aliphatic hydroxyl groups excluding tert-OH is 2. The number of carbonyl (C=O) groups is 3. The highest BCUT2D eigenvalue weighted by molar-refractivity contribution is 6.30. The molecular weight excluding hydrogens is 452 g/mol. The third-order valence-electron chi connectivity index (χ3n) is 7.40. The summed E-state index contributed by atoms with van der Waals surface area (Å²) in [6.07, 6.45) is -7.65. The summed E-state index contributed by atoms with van der Waals surface area (Å²) in [6.45, 7) is 2.93. The second kappa shape index (κ2) is 7.33. The van der Waals surface area contributed by atoms with Crippen molar-refractivity contribution in [1.82, 2.24) is 0 Å². The molecular formula is C23H24O11. The van der Waals surface area contributed by atoms with E-state index in [0.717, 1.165) is 7.11 Å². The number of aliphatic hydroxyl groups is 3. The molecule has 5 N–H and O–H groups in total. The van der Waals surface area contributed by atoms with Gasteiger partial charge in [0.2, 0.25) is 0 Å². The Morgan fingerprint density at radius 1 is 1.06 bits per heavy atom. The number of aromatic hydroxyl groups is 2. The Morgan fingerprint density at radius 3 is 2.29 bits per heavy atom. The molecule has 2 bridgehead atoms. The molecule has 1 aromatic carbocycles. The Kier molecular flexibility index (Phi) is 4.95. The zero-order chi connectivity index (χ0) is 24.9. The van der Waals surface area contributed by atoms with Gasteiger partial charge in [0.05, 0.1) is 55.2 Å². The number of esters is 1. The Morgan fingerprint density at radius 2 is 1.68 bits per heavy atom. The van der Waals surface area contributed by atoms with Crippen LogP contribution in [-0.2, 0) is 24.6 Å². The van der Waals surface area contributed by atoms with Gasteiger partial charge in [-0.2, -0.15) is 0 Å². The zero-order valence-corrected chi connectivity index (χ0v) is 18.6. The average molecular weight is 476 g/mol. The van der Waals surface area contributed by atoms with Gasteiger partial charge in [0, 0.05) is 28.7 Å². The number of rotatable bonds is 2. The fraction of sp³-hybridized carbons (Fsp3) is 0.522. The van der Waals surface area contributed by atoms with E-state index in [1.807, 2.05) is 0 Å². The number of Topliss-reactive ketones (excluding diaryl/α,β-unsaturated/α-hetero) is 2. The summed E-state index contributed by atoms with van der Waals surface area (Å²) in [5, 5.41) is 54.9. The Balaban J connectivity index is 1.72. The maximum Gasteiger partial charge on any atom is 0.308 e. The molecule has 1 aromatic rings. The van der Waals surface area contributed by atoms with Gasteiger partial charge in [-0.25, -0.2) is 0 Å². The van der Waals surface area contributed by atoms with E-state index in [1.54, 1.807) is 0 Å². The number of benzene rings is 1. The van der Waals surface area contributed by atoms with Gasteiger partial charge in [-0.1, -0.05) is 0 Å². The lowest BCUT2D eigenvalue weighted by Gasteiger charge is -2.52. The van der Waals surface area contributed by atoms with E-state index in [9.17, 15) is 39.9 Å². The number of phenolic OH excluding ortho intramolecular Hbond substituents is 2. The number of fused-ring (bicyclic) bond motifs is 3. The molecule has 1 saturated heterocycles. The fourth-order valence-electron chi connectivity index (χ4n) is 5.73. The van der Waals surface area contributed by atoms with Crippen molar-refractivity contribution in [3.8, 4) is 11.5 Å². The van der Waals surface area contributed by atoms with E-state index in [0.29, 0.717) is 0 Å². The normalized spacial score (nSPS) is 36.2. The van der Waals surface area contributed by atoms with Gasteiger partial charge in [0.15, 0.2) is 11.6 Å². The van der Waals surface area contributed by atoms with E-state index < -0.39 is 82.4 Å². The summed E-state index contributed by atoms with van der Waals surface area (Å²) in [5.41, 5.74) is -4.12. The van der Waals surface area contributed by atoms with Crippen LogP contribution in [0.1, 0.15) is 64.6 Å². The number of phenols is 2. The largest absolute Gasteiger partial charge is 0.507 e. The second-order valence-electron chi connectivity index (χ2n) is 9.11. The van der Waals surface area contributed by atoms with Crippen LogP contribution in [0.15, 0.2) is 11.1 Å². The molecule has 7 atom stereocenters. The van der Waals surface area contributed by atoms with Gasteiger partial charge in [-0.05, 0) is 13.8 Å². The molecule has 11 heteroatoms. The minimum absolute atomic E-state index is 0.0898. The molecule has 34 heavy (non-hydrogen) atoms. The van der Waals surface area contributed by atoms with Crippen molar-refractivity contribution in [2.45, 2.75) is 68.9 Å². The van der Waals surface area contributed by atoms with Crippen LogP contribution >= 0.6 is 0 Å². The molecule has 0 aromatic heterocycles. The smallest absolute Gasteiger partial charge is 0.308 e. The lowest BCUT2D eigenvalue weighted by atomic mass is 9.66. The van der Waals surface area contributed by atoms with Crippen molar-refractivity contribution < 1.29 is 54.1 Å². The van der Waals surface area contributed by atoms with Crippen LogP contribution in [0.25, 0.3) is 0 Å². The molecule has 2 aliphatic carbocycles. The molecule has 182 valence electrons. The number of ether oxygens (including phenoxy) is 3. The predicted molar refractivity (Wildman–Crippen MR) is 110 cm³/mol. The number of hydrogen-bond acceptors (Lipinski definition) is 11. The monoisotopic (exact) mass is 476 g/mol. The summed E-state index contributed by atoms with van der Waals surface area (Å²) >= 11 is 0. The Labute approximate surface area is 193 Å². The Hall–Kier alpha value is -2.83. The van der Waals surface area contributed by atoms with Crippen molar-refractivity contribution >= 4 is 17.5 Å². The van der Waals surface area contributed by atoms with E-state index in [-0.39, 0.29) is 35.1 Å². The molecule has 3 aliphatic heterocycles. The Bertz CT molecular complexity index is 1170. The number of carbonyl (C=O) groups excluding carboxylic acids is 3. The van der Waals surface area contributed by atoms with Crippen molar-refractivity contribution in [3.05, 3.63) is 33.4 Å². The van der Waals surface area contributed by atoms with Crippen molar-refractivity contribution in [1.29, 1.82) is 0 Å². The lowest BCUT2D eigenvalue weighted by molar-refractivity contribution is -0.246. The molecule has 0 spiro atoms. The maximum atomic E-state index is 13.6. The highest BCUT2D eigenvalue weighted by Crippen LogP contribution is 2.59. The summed E-state index contributed by atoms with van der Waals surface area (Å²) in [4.78, 5) is 38.8. The molecule has 0 amide bonds. The van der Waals surface area contributed by atoms with E-state index in [4.69, 9.17) is 9.47 Å². The van der Waals surface area contributed by atoms with Gasteiger partial charge in [-0.3, -0.25) is 14.4 Å². The van der Waals surface area contributed by atoms with Crippen LogP contribution in [0.4, 0.5) is 0 Å². The highest BCUT2D eigenvalue weighted by Gasteiger charge is 2.60. The molecule has 0 saturated carbocycles. The van der Waals surface area contributed by atoms with Crippen LogP contribution in [0, 0.1) is 0 Å². The molecule has 11 nitrogen and oxygen atoms in total. The topological polar surface area (TPSA) is 180 Å². The minimum atomic E-state index is -2.13. The first-order valence-electron chi connectivity index (χ1n) is 10.9. The summed E-state index contributed by atoms with van der Waals surface area (Å²) in [5.74, 6) is -3.91. The summed E-state index contributed by atoms with van der Waals surface area (Å²) < 4.78 is 15.9. The first-order chi connectivity index (χ1) is 15.9. The summed E-state index contributed by atoms with van der Waals surface area (Å²) in [7, 11) is 1.16. The number of ketones is 2. The van der Waals surface area contributed by atoms with E-state index >= 15 is 0 Å². The van der Waals surface area contributed by atoms with Gasteiger partial charge in [0.25, 0.3) is 0 Å². The highest BCUT2D eigenvalue weighted by atomic mass is 16.5. The quantitative estimate of drug-likeness (QED) is 0.284. The molecule has 6 rings (SSSR count). The lowest BCUT2D eigenvalue weighted by Crippen LogP contribution is -2.58. The number of methoxy groups -OCH3 is 1. The van der Waals surface area contributed by atoms with Crippen LogP contribution in [-0.4, -0.2) is 80.7 Å². The molecule has 0 radical (unpaired) electrons. The van der Waals surface area contributed by atoms with Crippen LogP contribution < -0.4 is 0 Å². The minimum Gasteiger partial charge on any atom is -0.507 e. The SMILES string of the molecule is COC(=O)C[C@@H]1O[C@@H](C)C2=C(C(=O)c3c(O)c4c(c(O)c3C2=O)[C@@]2(O)[C@H](O)C[C@H]4O[C@H]2C)[C@@H]1O. The van der Waals surface area contributed by atoms with Crippen LogP contribution in [0.3, 0.4) is 0 Å². The third-order valence-corrected chi connectivity index (χ3v) is 7.40. The molecule has 5 aliphatic rings. The van der Waals surface area contributed by atoms with E-state index in [1.165, 1.54) is 13.8 Å². The molecule has 1 fully saturated rings. The van der Waals surface area contributed by atoms with Crippen LogP contribution in [0.2, 0.25) is 0 Å². The third kappa shape index (κ3) is 2.67. The first kappa shape index (κ1) is 22.9. The van der Waals surface area contributed by atoms with Crippen molar-refractivity contribution in [3.63, 3.8) is 0 Å². The number of hydrogen-bond donors (Lipinski definition) is 5. The van der Waals surface area contributed by atoms with Crippen molar-refractivity contribution in [2.75, 3.05) is 7.11 Å². The molecule has 3 heterocycles.